The highest BCUT2D eigenvalue weighted by atomic mass is 16.1. The summed E-state index contributed by atoms with van der Waals surface area (Å²) in [5, 5.41) is 3.19. The third-order valence-corrected chi connectivity index (χ3v) is 2.24. The van der Waals surface area contributed by atoms with Crippen molar-refractivity contribution < 1.29 is 4.79 Å². The van der Waals surface area contributed by atoms with E-state index in [9.17, 15) is 4.79 Å². The lowest BCUT2D eigenvalue weighted by molar-refractivity contribution is -0.121. The van der Waals surface area contributed by atoms with Crippen LogP contribution in [-0.2, 0) is 4.79 Å². The van der Waals surface area contributed by atoms with E-state index in [1.54, 1.807) is 0 Å². The van der Waals surface area contributed by atoms with E-state index in [1.807, 2.05) is 0 Å². The van der Waals surface area contributed by atoms with E-state index in [-0.39, 0.29) is 11.3 Å². The largest absolute Gasteiger partial charge is 0.316 e. The topological polar surface area (TPSA) is 29.1 Å². The summed E-state index contributed by atoms with van der Waals surface area (Å²) in [4.78, 5) is 11.6. The van der Waals surface area contributed by atoms with Gasteiger partial charge >= 0.3 is 0 Å². The lowest BCUT2D eigenvalue weighted by Crippen LogP contribution is -2.17. The van der Waals surface area contributed by atoms with Crippen LogP contribution in [0, 0.1) is 23.2 Å². The molecule has 2 heteroatoms. The zero-order valence-corrected chi connectivity index (χ0v) is 9.31. The average molecular weight is 193 g/mol. The second kappa shape index (κ2) is 4.61. The Morgan fingerprint density at radius 3 is 2.71 bits per heavy atom. The first kappa shape index (κ1) is 11.3. The van der Waals surface area contributed by atoms with E-state index in [0.717, 1.165) is 19.5 Å². The molecule has 0 spiro atoms. The molecule has 1 aliphatic heterocycles. The minimum atomic E-state index is 0.00814. The average Bonchev–Trinajstić information content (AvgIpc) is 2.53. The van der Waals surface area contributed by atoms with Crippen LogP contribution in [0.4, 0.5) is 0 Å². The van der Waals surface area contributed by atoms with Gasteiger partial charge in [0.25, 0.3) is 0 Å². The van der Waals surface area contributed by atoms with Crippen LogP contribution < -0.4 is 5.32 Å². The Morgan fingerprint density at radius 1 is 1.50 bits per heavy atom. The van der Waals surface area contributed by atoms with Crippen molar-refractivity contribution in [3.8, 4) is 11.8 Å². The second-order valence-corrected chi connectivity index (χ2v) is 4.88. The van der Waals surface area contributed by atoms with Crippen molar-refractivity contribution in [1.82, 2.24) is 5.32 Å². The Hall–Kier alpha value is -0.810. The van der Waals surface area contributed by atoms with Crippen LogP contribution in [0.25, 0.3) is 0 Å². The smallest absolute Gasteiger partial charge is 0.149 e. The lowest BCUT2D eigenvalue weighted by atomic mass is 9.96. The van der Waals surface area contributed by atoms with Crippen molar-refractivity contribution in [1.29, 1.82) is 0 Å². The fourth-order valence-electron chi connectivity index (χ4n) is 1.47. The summed E-state index contributed by atoms with van der Waals surface area (Å²) < 4.78 is 0. The summed E-state index contributed by atoms with van der Waals surface area (Å²) in [6.07, 6.45) is 1.40. The molecular weight excluding hydrogens is 174 g/mol. The van der Waals surface area contributed by atoms with Crippen molar-refractivity contribution in [2.45, 2.75) is 33.6 Å². The number of carbonyl (C=O) groups is 1. The van der Waals surface area contributed by atoms with Gasteiger partial charge in [-0.1, -0.05) is 11.8 Å². The number of rotatable bonds is 2. The van der Waals surface area contributed by atoms with Crippen LogP contribution in [0.15, 0.2) is 0 Å². The Kier molecular flexibility index (Phi) is 3.71. The summed E-state index contributed by atoms with van der Waals surface area (Å²) in [5.74, 6) is 6.57. The van der Waals surface area contributed by atoms with E-state index >= 15 is 0 Å². The zero-order valence-electron chi connectivity index (χ0n) is 9.31. The summed E-state index contributed by atoms with van der Waals surface area (Å²) >= 11 is 0. The van der Waals surface area contributed by atoms with Gasteiger partial charge in [-0.05, 0) is 33.7 Å². The summed E-state index contributed by atoms with van der Waals surface area (Å²) in [6, 6.07) is 0. The zero-order chi connectivity index (χ0) is 10.6. The molecule has 1 N–H and O–H groups in total. The molecule has 2 nitrogen and oxygen atoms in total. The van der Waals surface area contributed by atoms with Crippen LogP contribution in [0.2, 0.25) is 0 Å². The third kappa shape index (κ3) is 3.93. The molecule has 0 aromatic carbocycles. The van der Waals surface area contributed by atoms with Gasteiger partial charge in [-0.25, -0.2) is 0 Å². The first-order valence-corrected chi connectivity index (χ1v) is 5.22. The second-order valence-electron chi connectivity index (χ2n) is 4.88. The Bertz CT molecular complexity index is 258. The van der Waals surface area contributed by atoms with Gasteiger partial charge in [-0.2, -0.15) is 0 Å². The number of carbonyl (C=O) groups excluding carboxylic acids is 1. The predicted molar refractivity (Wildman–Crippen MR) is 57.8 cm³/mol. The van der Waals surface area contributed by atoms with Crippen LogP contribution in [-0.4, -0.2) is 18.9 Å². The number of hydrogen-bond acceptors (Lipinski definition) is 2. The van der Waals surface area contributed by atoms with E-state index in [1.165, 1.54) is 0 Å². The molecule has 0 aromatic rings. The maximum atomic E-state index is 11.6. The molecule has 1 heterocycles. The molecule has 0 radical (unpaired) electrons. The van der Waals surface area contributed by atoms with Crippen molar-refractivity contribution in [2.24, 2.45) is 11.3 Å². The first-order chi connectivity index (χ1) is 6.49. The molecule has 0 bridgehead atoms. The maximum absolute atomic E-state index is 11.6. The molecule has 78 valence electrons. The van der Waals surface area contributed by atoms with Gasteiger partial charge in [0.15, 0.2) is 0 Å². The molecule has 0 saturated carbocycles. The van der Waals surface area contributed by atoms with Crippen LogP contribution in [0.1, 0.15) is 33.6 Å². The van der Waals surface area contributed by atoms with Gasteiger partial charge in [0.1, 0.15) is 5.78 Å². The van der Waals surface area contributed by atoms with Crippen LogP contribution in [0.5, 0.6) is 0 Å². The fraction of sp³-hybridized carbons (Fsp3) is 0.750. The van der Waals surface area contributed by atoms with Crippen molar-refractivity contribution in [2.75, 3.05) is 13.1 Å². The quantitative estimate of drug-likeness (QED) is 0.675. The minimum absolute atomic E-state index is 0.00814. The van der Waals surface area contributed by atoms with E-state index in [2.05, 4.69) is 37.9 Å². The first-order valence-electron chi connectivity index (χ1n) is 5.22. The maximum Gasteiger partial charge on any atom is 0.149 e. The Labute approximate surface area is 86.5 Å². The molecule has 1 saturated heterocycles. The van der Waals surface area contributed by atoms with Gasteiger partial charge in [0.05, 0.1) is 6.42 Å². The highest BCUT2D eigenvalue weighted by molar-refractivity contribution is 5.83. The van der Waals surface area contributed by atoms with Gasteiger partial charge in [-0.3, -0.25) is 4.79 Å². The predicted octanol–water partition coefficient (Wildman–Crippen LogP) is 1.60. The Balaban J connectivity index is 2.36. The molecule has 1 unspecified atom stereocenters. The van der Waals surface area contributed by atoms with Gasteiger partial charge in [0, 0.05) is 17.9 Å². The monoisotopic (exact) mass is 193 g/mol. The van der Waals surface area contributed by atoms with E-state index in [0.29, 0.717) is 12.2 Å². The van der Waals surface area contributed by atoms with Crippen LogP contribution in [0.3, 0.4) is 0 Å². The molecule has 0 aromatic heterocycles. The molecular formula is C12H19NO. The normalized spacial score (nSPS) is 21.5. The van der Waals surface area contributed by atoms with Gasteiger partial charge in [0.2, 0.25) is 0 Å². The van der Waals surface area contributed by atoms with Crippen molar-refractivity contribution in [3.05, 3.63) is 0 Å². The summed E-state index contributed by atoms with van der Waals surface area (Å²) in [7, 11) is 0. The van der Waals surface area contributed by atoms with E-state index < -0.39 is 0 Å². The SMILES string of the molecule is CC(C)(C)C#CCC(=O)C1CCNC1. The molecule has 1 rings (SSSR count). The molecule has 1 fully saturated rings. The Morgan fingerprint density at radius 2 is 2.21 bits per heavy atom. The number of ketones is 1. The third-order valence-electron chi connectivity index (χ3n) is 2.24. The van der Waals surface area contributed by atoms with E-state index in [4.69, 9.17) is 0 Å². The number of hydrogen-bond donors (Lipinski definition) is 1. The van der Waals surface area contributed by atoms with Crippen LogP contribution >= 0.6 is 0 Å². The number of Topliss-reactive ketones (excluding diaryl/α,β-unsaturated/α-hetero) is 1. The summed E-state index contributed by atoms with van der Waals surface area (Å²) in [5.41, 5.74) is 0.00814. The molecule has 1 atom stereocenters. The lowest BCUT2D eigenvalue weighted by Gasteiger charge is -2.07. The van der Waals surface area contributed by atoms with Gasteiger partial charge < -0.3 is 5.32 Å². The van der Waals surface area contributed by atoms with Gasteiger partial charge in [-0.15, -0.1) is 0 Å². The molecule has 14 heavy (non-hydrogen) atoms. The minimum Gasteiger partial charge on any atom is -0.316 e. The standard InChI is InChI=1S/C12H19NO/c1-12(2,3)7-4-5-11(14)10-6-8-13-9-10/h10,13H,5-6,8-9H2,1-3H3. The highest BCUT2D eigenvalue weighted by Crippen LogP contribution is 2.12. The molecule has 0 aliphatic carbocycles. The fourth-order valence-corrected chi connectivity index (χ4v) is 1.47. The number of nitrogens with one attached hydrogen (secondary N) is 1. The van der Waals surface area contributed by atoms with Crippen molar-refractivity contribution in [3.63, 3.8) is 0 Å². The highest BCUT2D eigenvalue weighted by Gasteiger charge is 2.21. The molecule has 1 aliphatic rings. The van der Waals surface area contributed by atoms with Crippen molar-refractivity contribution >= 4 is 5.78 Å². The molecule has 0 amide bonds. The summed E-state index contributed by atoms with van der Waals surface area (Å²) in [6.45, 7) is 7.99.